The van der Waals surface area contributed by atoms with Gasteiger partial charge in [0.25, 0.3) is 0 Å². The van der Waals surface area contributed by atoms with Crippen molar-refractivity contribution in [3.8, 4) is 17.2 Å². The first-order valence-electron chi connectivity index (χ1n) is 7.21. The SMILES string of the molecule is COc1cc(N(CC(=O)NC(C)C)C(C)=O)cc(OC)c1OC. The molecule has 0 unspecified atom stereocenters. The predicted octanol–water partition coefficient (Wildman–Crippen LogP) is 1.59. The van der Waals surface area contributed by atoms with Gasteiger partial charge in [-0.1, -0.05) is 0 Å². The molecule has 0 spiro atoms. The van der Waals surface area contributed by atoms with Crippen LogP contribution in [0.1, 0.15) is 20.8 Å². The van der Waals surface area contributed by atoms with Crippen molar-refractivity contribution in [1.82, 2.24) is 5.32 Å². The zero-order valence-corrected chi connectivity index (χ0v) is 14.4. The summed E-state index contributed by atoms with van der Waals surface area (Å²) in [5.74, 6) is 0.741. The lowest BCUT2D eigenvalue weighted by Crippen LogP contribution is -2.42. The lowest BCUT2D eigenvalue weighted by atomic mass is 10.2. The van der Waals surface area contributed by atoms with Crippen molar-refractivity contribution in [2.75, 3.05) is 32.8 Å². The summed E-state index contributed by atoms with van der Waals surface area (Å²) in [7, 11) is 4.48. The third kappa shape index (κ3) is 4.77. The van der Waals surface area contributed by atoms with E-state index in [0.29, 0.717) is 22.9 Å². The minimum Gasteiger partial charge on any atom is -0.493 e. The Morgan fingerprint density at radius 3 is 1.96 bits per heavy atom. The molecule has 0 aromatic heterocycles. The van der Waals surface area contributed by atoms with Gasteiger partial charge >= 0.3 is 0 Å². The van der Waals surface area contributed by atoms with Gasteiger partial charge in [-0.2, -0.15) is 0 Å². The largest absolute Gasteiger partial charge is 0.493 e. The van der Waals surface area contributed by atoms with Crippen LogP contribution in [0.5, 0.6) is 17.2 Å². The third-order valence-corrected chi connectivity index (χ3v) is 3.09. The van der Waals surface area contributed by atoms with E-state index < -0.39 is 0 Å². The predicted molar refractivity (Wildman–Crippen MR) is 87.4 cm³/mol. The van der Waals surface area contributed by atoms with Crippen LogP contribution >= 0.6 is 0 Å². The molecular weight excluding hydrogens is 300 g/mol. The molecule has 0 aliphatic carbocycles. The molecule has 1 rings (SSSR count). The van der Waals surface area contributed by atoms with Crippen LogP contribution in [0.2, 0.25) is 0 Å². The highest BCUT2D eigenvalue weighted by Gasteiger charge is 2.21. The molecule has 0 saturated heterocycles. The van der Waals surface area contributed by atoms with Gasteiger partial charge in [-0.15, -0.1) is 0 Å². The van der Waals surface area contributed by atoms with Crippen LogP contribution in [0, 0.1) is 0 Å². The van der Waals surface area contributed by atoms with Crippen molar-refractivity contribution in [2.45, 2.75) is 26.8 Å². The summed E-state index contributed by atoms with van der Waals surface area (Å²) in [5, 5.41) is 2.76. The van der Waals surface area contributed by atoms with Gasteiger partial charge in [0, 0.05) is 25.1 Å². The van der Waals surface area contributed by atoms with Crippen LogP contribution in [0.15, 0.2) is 12.1 Å². The molecule has 7 nitrogen and oxygen atoms in total. The van der Waals surface area contributed by atoms with Crippen LogP contribution in [-0.2, 0) is 9.59 Å². The van der Waals surface area contributed by atoms with Crippen LogP contribution in [-0.4, -0.2) is 45.7 Å². The minimum absolute atomic E-state index is 0.00347. The van der Waals surface area contributed by atoms with E-state index in [0.717, 1.165) is 0 Å². The van der Waals surface area contributed by atoms with Crippen molar-refractivity contribution < 1.29 is 23.8 Å². The van der Waals surface area contributed by atoms with Gasteiger partial charge in [0.1, 0.15) is 6.54 Å². The van der Waals surface area contributed by atoms with Crippen LogP contribution in [0.25, 0.3) is 0 Å². The van der Waals surface area contributed by atoms with E-state index in [9.17, 15) is 9.59 Å². The minimum atomic E-state index is -0.266. The Kier molecular flexibility index (Phi) is 6.68. The first-order chi connectivity index (χ1) is 10.8. The maximum Gasteiger partial charge on any atom is 0.240 e. The fourth-order valence-corrected chi connectivity index (χ4v) is 2.12. The van der Waals surface area contributed by atoms with E-state index in [1.165, 1.54) is 33.2 Å². The van der Waals surface area contributed by atoms with Crippen LogP contribution in [0.3, 0.4) is 0 Å². The van der Waals surface area contributed by atoms with Crippen molar-refractivity contribution in [2.24, 2.45) is 0 Å². The Hall–Kier alpha value is -2.44. The highest BCUT2D eigenvalue weighted by Crippen LogP contribution is 2.41. The molecule has 128 valence electrons. The van der Waals surface area contributed by atoms with Crippen LogP contribution in [0.4, 0.5) is 5.69 Å². The normalized spacial score (nSPS) is 10.2. The Bertz CT molecular complexity index is 547. The zero-order chi connectivity index (χ0) is 17.6. The van der Waals surface area contributed by atoms with Gasteiger partial charge in [-0.25, -0.2) is 0 Å². The van der Waals surface area contributed by atoms with Gasteiger partial charge < -0.3 is 24.4 Å². The first-order valence-corrected chi connectivity index (χ1v) is 7.21. The maximum absolute atomic E-state index is 12.0. The number of ether oxygens (including phenoxy) is 3. The fourth-order valence-electron chi connectivity index (χ4n) is 2.12. The summed E-state index contributed by atoms with van der Waals surface area (Å²) in [6.07, 6.45) is 0. The number of nitrogens with one attached hydrogen (secondary N) is 1. The number of hydrogen-bond acceptors (Lipinski definition) is 5. The van der Waals surface area contributed by atoms with Crippen LogP contribution < -0.4 is 24.4 Å². The average Bonchev–Trinajstić information content (AvgIpc) is 2.50. The molecule has 0 saturated carbocycles. The monoisotopic (exact) mass is 324 g/mol. The van der Waals surface area contributed by atoms with Crippen molar-refractivity contribution in [3.63, 3.8) is 0 Å². The summed E-state index contributed by atoms with van der Waals surface area (Å²) >= 11 is 0. The van der Waals surface area contributed by atoms with E-state index in [1.807, 2.05) is 13.8 Å². The number of methoxy groups -OCH3 is 3. The molecule has 1 N–H and O–H groups in total. The number of carbonyl (C=O) groups is 2. The summed E-state index contributed by atoms with van der Waals surface area (Å²) in [6, 6.07) is 3.26. The zero-order valence-electron chi connectivity index (χ0n) is 14.4. The summed E-state index contributed by atoms with van der Waals surface area (Å²) in [4.78, 5) is 25.3. The van der Waals surface area contributed by atoms with Crippen molar-refractivity contribution >= 4 is 17.5 Å². The highest BCUT2D eigenvalue weighted by atomic mass is 16.5. The van der Waals surface area contributed by atoms with E-state index in [4.69, 9.17) is 14.2 Å². The second kappa shape index (κ2) is 8.26. The molecule has 0 bridgehead atoms. The standard InChI is InChI=1S/C16H24N2O5/c1-10(2)17-15(20)9-18(11(3)19)12-7-13(21-4)16(23-6)14(8-12)22-5/h7-8,10H,9H2,1-6H3,(H,17,20). The van der Waals surface area contributed by atoms with Gasteiger partial charge in [0.15, 0.2) is 11.5 Å². The molecule has 23 heavy (non-hydrogen) atoms. The van der Waals surface area contributed by atoms with E-state index in [-0.39, 0.29) is 24.4 Å². The number of benzene rings is 1. The molecule has 7 heteroatoms. The molecule has 0 fully saturated rings. The molecule has 1 aromatic rings. The van der Waals surface area contributed by atoms with Gasteiger partial charge in [-0.3, -0.25) is 9.59 Å². The Morgan fingerprint density at radius 2 is 1.61 bits per heavy atom. The van der Waals surface area contributed by atoms with E-state index in [2.05, 4.69) is 5.32 Å². The molecule has 2 amide bonds. The topological polar surface area (TPSA) is 77.1 Å². The number of carbonyl (C=O) groups excluding carboxylic acids is 2. The Balaban J connectivity index is 3.22. The molecule has 0 heterocycles. The smallest absolute Gasteiger partial charge is 0.240 e. The van der Waals surface area contributed by atoms with Gasteiger partial charge in [0.05, 0.1) is 27.0 Å². The molecule has 0 aliphatic rings. The lowest BCUT2D eigenvalue weighted by molar-refractivity contribution is -0.123. The van der Waals surface area contributed by atoms with E-state index >= 15 is 0 Å². The number of amides is 2. The number of hydrogen-bond donors (Lipinski definition) is 1. The van der Waals surface area contributed by atoms with Gasteiger partial charge in [-0.05, 0) is 13.8 Å². The number of nitrogens with zero attached hydrogens (tertiary/aromatic N) is 1. The quantitative estimate of drug-likeness (QED) is 0.824. The summed E-state index contributed by atoms with van der Waals surface area (Å²) < 4.78 is 15.8. The second-order valence-corrected chi connectivity index (χ2v) is 5.21. The highest BCUT2D eigenvalue weighted by molar-refractivity contribution is 5.98. The fraction of sp³-hybridized carbons (Fsp3) is 0.500. The first kappa shape index (κ1) is 18.6. The van der Waals surface area contributed by atoms with E-state index in [1.54, 1.807) is 12.1 Å². The maximum atomic E-state index is 12.0. The lowest BCUT2D eigenvalue weighted by Gasteiger charge is -2.23. The molecule has 0 atom stereocenters. The number of rotatable bonds is 7. The third-order valence-electron chi connectivity index (χ3n) is 3.09. The molecule has 0 aliphatic heterocycles. The van der Waals surface area contributed by atoms with Gasteiger partial charge in [0.2, 0.25) is 17.6 Å². The summed E-state index contributed by atoms with van der Waals surface area (Å²) in [6.45, 7) is 5.02. The second-order valence-electron chi connectivity index (χ2n) is 5.21. The Morgan fingerprint density at radius 1 is 1.09 bits per heavy atom. The average molecular weight is 324 g/mol. The molecular formula is C16H24N2O5. The van der Waals surface area contributed by atoms with Crippen molar-refractivity contribution in [3.05, 3.63) is 12.1 Å². The molecule has 0 radical (unpaired) electrons. The summed E-state index contributed by atoms with van der Waals surface area (Å²) in [5.41, 5.74) is 0.492. The number of anilines is 1. The van der Waals surface area contributed by atoms with Crippen molar-refractivity contribution in [1.29, 1.82) is 0 Å². The Labute approximate surface area is 136 Å². The molecule has 1 aromatic carbocycles.